The third kappa shape index (κ3) is 3.80. The smallest absolute Gasteiger partial charge is 0.271 e. The Hall–Kier alpha value is -3.27. The Morgan fingerprint density at radius 1 is 1.24 bits per heavy atom. The second-order valence-electron chi connectivity index (χ2n) is 5.09. The van der Waals surface area contributed by atoms with Gasteiger partial charge in [0, 0.05) is 17.3 Å². The number of hydrogen-bond acceptors (Lipinski definition) is 9. The molecule has 0 aliphatic carbocycles. The quantitative estimate of drug-likeness (QED) is 0.511. The van der Waals surface area contributed by atoms with Crippen molar-refractivity contribution < 1.29 is 4.79 Å². The number of nitrogens with one attached hydrogen (secondary N) is 3. The molecule has 0 bridgehead atoms. The first kappa shape index (κ1) is 16.6. The lowest BCUT2D eigenvalue weighted by molar-refractivity contribution is 0.0962. The van der Waals surface area contributed by atoms with Crippen LogP contribution in [0, 0.1) is 13.8 Å². The van der Waals surface area contributed by atoms with Crippen molar-refractivity contribution in [2.24, 2.45) is 0 Å². The summed E-state index contributed by atoms with van der Waals surface area (Å²) in [5.74, 6) is 0.327. The van der Waals surface area contributed by atoms with Crippen molar-refractivity contribution in [2.75, 3.05) is 16.5 Å². The van der Waals surface area contributed by atoms with Gasteiger partial charge in [-0.1, -0.05) is 0 Å². The first-order valence-corrected chi connectivity index (χ1v) is 8.14. The maximum Gasteiger partial charge on any atom is 0.271 e. The molecule has 0 spiro atoms. The summed E-state index contributed by atoms with van der Waals surface area (Å²) < 4.78 is 0. The Kier molecular flexibility index (Phi) is 4.70. The third-order valence-electron chi connectivity index (χ3n) is 3.36. The van der Waals surface area contributed by atoms with Gasteiger partial charge < -0.3 is 11.1 Å². The molecule has 9 nitrogen and oxygen atoms in total. The number of nitrogen functional groups attached to an aromatic ring is 1. The van der Waals surface area contributed by atoms with E-state index < -0.39 is 0 Å². The molecule has 1 amide bonds. The number of aryl methyl sites for hydroxylation is 2. The Morgan fingerprint density at radius 3 is 2.72 bits per heavy atom. The lowest BCUT2D eigenvalue weighted by atomic mass is 10.3. The van der Waals surface area contributed by atoms with Gasteiger partial charge in [0.1, 0.15) is 12.0 Å². The molecule has 3 aromatic heterocycles. The number of hydrogen-bond donors (Lipinski definition) is 4. The van der Waals surface area contributed by atoms with Crippen LogP contribution >= 0.6 is 11.3 Å². The minimum absolute atomic E-state index is 0.263. The van der Waals surface area contributed by atoms with Gasteiger partial charge in [-0.2, -0.15) is 0 Å². The SMILES string of the molecule is Cc1nc(Nc2ncnc(NNC(=O)c3cccnc3)c2N)sc1C. The van der Waals surface area contributed by atoms with E-state index in [1.807, 2.05) is 13.8 Å². The van der Waals surface area contributed by atoms with E-state index in [0.717, 1.165) is 10.6 Å². The van der Waals surface area contributed by atoms with Crippen molar-refractivity contribution in [3.05, 3.63) is 47.0 Å². The predicted octanol–water partition coefficient (Wildman–Crippen LogP) is 2.03. The Bertz CT molecular complexity index is 876. The summed E-state index contributed by atoms with van der Waals surface area (Å²) in [6.07, 6.45) is 4.39. The maximum atomic E-state index is 12.0. The summed E-state index contributed by atoms with van der Waals surface area (Å²) >= 11 is 1.50. The van der Waals surface area contributed by atoms with Crippen molar-refractivity contribution in [2.45, 2.75) is 13.8 Å². The fraction of sp³-hybridized carbons (Fsp3) is 0.133. The van der Waals surface area contributed by atoms with E-state index in [9.17, 15) is 4.79 Å². The zero-order valence-electron chi connectivity index (χ0n) is 13.6. The van der Waals surface area contributed by atoms with Gasteiger partial charge in [-0.05, 0) is 26.0 Å². The Labute approximate surface area is 147 Å². The third-order valence-corrected chi connectivity index (χ3v) is 4.34. The molecule has 0 aliphatic rings. The summed E-state index contributed by atoms with van der Waals surface area (Å²) in [5, 5.41) is 3.75. The van der Waals surface area contributed by atoms with Crippen molar-refractivity contribution in [1.29, 1.82) is 0 Å². The summed E-state index contributed by atoms with van der Waals surface area (Å²) in [4.78, 5) is 29.6. The molecule has 0 aromatic carbocycles. The molecular formula is C15H16N8OS. The van der Waals surface area contributed by atoms with Crippen LogP contribution in [0.2, 0.25) is 0 Å². The molecule has 0 atom stereocenters. The number of aromatic nitrogens is 4. The summed E-state index contributed by atoms with van der Waals surface area (Å²) in [6, 6.07) is 3.32. The molecule has 0 radical (unpaired) electrons. The van der Waals surface area contributed by atoms with Gasteiger partial charge >= 0.3 is 0 Å². The number of anilines is 4. The Balaban J connectivity index is 1.71. The minimum atomic E-state index is -0.355. The van der Waals surface area contributed by atoms with E-state index in [1.165, 1.54) is 23.9 Å². The summed E-state index contributed by atoms with van der Waals surface area (Å²) in [5.41, 5.74) is 12.9. The summed E-state index contributed by atoms with van der Waals surface area (Å²) in [6.45, 7) is 3.92. The largest absolute Gasteiger partial charge is 0.393 e. The first-order valence-electron chi connectivity index (χ1n) is 7.32. The number of hydrazine groups is 1. The van der Waals surface area contributed by atoms with Crippen molar-refractivity contribution in [3.63, 3.8) is 0 Å². The van der Waals surface area contributed by atoms with Gasteiger partial charge in [0.2, 0.25) is 0 Å². The fourth-order valence-corrected chi connectivity index (χ4v) is 2.72. The molecule has 3 rings (SSSR count). The van der Waals surface area contributed by atoms with Gasteiger partial charge in [0.15, 0.2) is 16.8 Å². The monoisotopic (exact) mass is 356 g/mol. The molecule has 0 aliphatic heterocycles. The standard InChI is InChI=1S/C15H16N8OS/c1-8-9(2)25-15(20-8)21-12-11(16)13(19-7-18-12)22-23-14(24)10-4-3-5-17-6-10/h3-7H,16H2,1-2H3,(H,23,24)(H2,18,19,20,21,22). The average Bonchev–Trinajstić information content (AvgIpc) is 2.93. The number of pyridine rings is 1. The average molecular weight is 356 g/mol. The minimum Gasteiger partial charge on any atom is -0.393 e. The number of nitrogens with two attached hydrogens (primary N) is 1. The lowest BCUT2D eigenvalue weighted by Gasteiger charge is -2.12. The number of amides is 1. The first-order chi connectivity index (χ1) is 12.0. The number of carbonyl (C=O) groups excluding carboxylic acids is 1. The highest BCUT2D eigenvalue weighted by Crippen LogP contribution is 2.28. The highest BCUT2D eigenvalue weighted by molar-refractivity contribution is 7.15. The Morgan fingerprint density at radius 2 is 2.04 bits per heavy atom. The lowest BCUT2D eigenvalue weighted by Crippen LogP contribution is -2.30. The van der Waals surface area contributed by atoms with E-state index in [-0.39, 0.29) is 17.4 Å². The van der Waals surface area contributed by atoms with E-state index in [4.69, 9.17) is 5.73 Å². The molecule has 0 saturated heterocycles. The molecule has 128 valence electrons. The van der Waals surface area contributed by atoms with Crippen LogP contribution in [-0.2, 0) is 0 Å². The van der Waals surface area contributed by atoms with Gasteiger partial charge in [-0.3, -0.25) is 20.6 Å². The van der Waals surface area contributed by atoms with Gasteiger partial charge in [0.05, 0.1) is 11.3 Å². The molecule has 3 heterocycles. The van der Waals surface area contributed by atoms with Gasteiger partial charge in [-0.25, -0.2) is 15.0 Å². The van der Waals surface area contributed by atoms with Crippen LogP contribution in [0.3, 0.4) is 0 Å². The molecule has 5 N–H and O–H groups in total. The van der Waals surface area contributed by atoms with Crippen LogP contribution in [0.15, 0.2) is 30.9 Å². The highest BCUT2D eigenvalue weighted by Gasteiger charge is 2.12. The van der Waals surface area contributed by atoms with E-state index in [0.29, 0.717) is 16.5 Å². The fourth-order valence-electron chi connectivity index (χ4n) is 1.91. The second kappa shape index (κ2) is 7.09. The molecule has 3 aromatic rings. The number of nitrogens with zero attached hydrogens (tertiary/aromatic N) is 4. The van der Waals surface area contributed by atoms with E-state index in [1.54, 1.807) is 18.3 Å². The van der Waals surface area contributed by atoms with Crippen LogP contribution in [0.1, 0.15) is 20.9 Å². The normalized spacial score (nSPS) is 10.3. The van der Waals surface area contributed by atoms with Crippen LogP contribution in [-0.4, -0.2) is 25.8 Å². The maximum absolute atomic E-state index is 12.0. The van der Waals surface area contributed by atoms with Crippen LogP contribution in [0.4, 0.5) is 22.5 Å². The number of thiazole rings is 1. The van der Waals surface area contributed by atoms with E-state index in [2.05, 4.69) is 36.1 Å². The molecule has 0 saturated carbocycles. The second-order valence-corrected chi connectivity index (χ2v) is 6.29. The van der Waals surface area contributed by atoms with Crippen LogP contribution < -0.4 is 21.9 Å². The van der Waals surface area contributed by atoms with Gasteiger partial charge in [-0.15, -0.1) is 11.3 Å². The van der Waals surface area contributed by atoms with Crippen molar-refractivity contribution in [1.82, 2.24) is 25.4 Å². The van der Waals surface area contributed by atoms with Crippen LogP contribution in [0.25, 0.3) is 0 Å². The zero-order valence-corrected chi connectivity index (χ0v) is 14.4. The van der Waals surface area contributed by atoms with Gasteiger partial charge in [0.25, 0.3) is 5.91 Å². The number of carbonyl (C=O) groups is 1. The molecule has 10 heteroatoms. The van der Waals surface area contributed by atoms with Crippen LogP contribution in [0.5, 0.6) is 0 Å². The van der Waals surface area contributed by atoms with Crippen molar-refractivity contribution >= 4 is 39.7 Å². The summed E-state index contributed by atoms with van der Waals surface area (Å²) in [7, 11) is 0. The number of rotatable bonds is 5. The molecular weight excluding hydrogens is 340 g/mol. The molecule has 0 fully saturated rings. The topological polar surface area (TPSA) is 131 Å². The zero-order chi connectivity index (χ0) is 17.8. The molecule has 0 unspecified atom stereocenters. The van der Waals surface area contributed by atoms with Crippen molar-refractivity contribution in [3.8, 4) is 0 Å². The van der Waals surface area contributed by atoms with E-state index >= 15 is 0 Å². The molecule has 25 heavy (non-hydrogen) atoms. The highest BCUT2D eigenvalue weighted by atomic mass is 32.1. The predicted molar refractivity (Wildman–Crippen MR) is 96.6 cm³/mol.